The third-order valence-electron chi connectivity index (χ3n) is 1.92. The van der Waals surface area contributed by atoms with E-state index in [0.29, 0.717) is 15.6 Å². The summed E-state index contributed by atoms with van der Waals surface area (Å²) in [5.41, 5.74) is -0.620. The van der Waals surface area contributed by atoms with Gasteiger partial charge < -0.3 is 0 Å². The number of H-pyrrole nitrogens is 1. The molecule has 0 saturated carbocycles. The number of nitrogens with zero attached hydrogens (tertiary/aromatic N) is 3. The van der Waals surface area contributed by atoms with E-state index in [9.17, 15) is 13.2 Å². The Morgan fingerprint density at radius 1 is 1.29 bits per heavy atom. The first-order valence-corrected chi connectivity index (χ1v) is 6.65. The monoisotopic (exact) mass is 308 g/mol. The predicted octanol–water partition coefficient (Wildman–Crippen LogP) is 0.748. The Hall–Kier alpha value is -1.40. The minimum absolute atomic E-state index is 0.134. The summed E-state index contributed by atoms with van der Waals surface area (Å²) in [5, 5.41) is 13.7. The van der Waals surface area contributed by atoms with Gasteiger partial charge in [-0.3, -0.25) is 0 Å². The molecule has 1 heterocycles. The number of benzene rings is 1. The van der Waals surface area contributed by atoms with Gasteiger partial charge in [0.15, 0.2) is 0 Å². The van der Waals surface area contributed by atoms with E-state index in [1.54, 1.807) is 6.07 Å². The number of halogens is 3. The number of aromatic nitrogens is 4. The molecule has 90 valence electrons. The fourth-order valence-electron chi connectivity index (χ4n) is 1.15. The van der Waals surface area contributed by atoms with E-state index in [1.807, 2.05) is 0 Å². The van der Waals surface area contributed by atoms with Crippen molar-refractivity contribution in [3.8, 4) is 0 Å². The summed E-state index contributed by atoms with van der Waals surface area (Å²) in [6.07, 6.45) is -4.29. The molecule has 0 spiro atoms. The molecule has 2 aromatic rings. The number of hydrogen-bond donors (Lipinski definition) is 1. The van der Waals surface area contributed by atoms with Crippen LogP contribution in [-0.4, -0.2) is 35.6 Å². The quantitative estimate of drug-likeness (QED) is 0.851. The Morgan fingerprint density at radius 3 is 2.76 bits per heavy atom. The molecule has 0 bridgehead atoms. The van der Waals surface area contributed by atoms with Crippen molar-refractivity contribution >= 4 is 19.4 Å². The second kappa shape index (κ2) is 4.85. The van der Waals surface area contributed by atoms with Crippen molar-refractivity contribution in [1.82, 2.24) is 20.6 Å². The summed E-state index contributed by atoms with van der Waals surface area (Å²) >= 11 is -0.134. The van der Waals surface area contributed by atoms with Crippen molar-refractivity contribution in [2.24, 2.45) is 0 Å². The van der Waals surface area contributed by atoms with E-state index < -0.39 is 11.7 Å². The maximum absolute atomic E-state index is 12.4. The van der Waals surface area contributed by atoms with Gasteiger partial charge in [0.2, 0.25) is 0 Å². The van der Waals surface area contributed by atoms with Gasteiger partial charge in [-0.25, -0.2) is 0 Å². The molecule has 0 fully saturated rings. The van der Waals surface area contributed by atoms with Crippen molar-refractivity contribution in [3.63, 3.8) is 0 Å². The van der Waals surface area contributed by atoms with Gasteiger partial charge in [0.05, 0.1) is 0 Å². The molecule has 0 aliphatic rings. The van der Waals surface area contributed by atoms with Crippen molar-refractivity contribution in [2.45, 2.75) is 11.5 Å². The molecule has 4 nitrogen and oxygen atoms in total. The van der Waals surface area contributed by atoms with Gasteiger partial charge in [-0.2, -0.15) is 0 Å². The Kier molecular flexibility index (Phi) is 3.44. The first-order valence-electron chi connectivity index (χ1n) is 4.58. The van der Waals surface area contributed by atoms with Crippen LogP contribution in [0.5, 0.6) is 0 Å². The topological polar surface area (TPSA) is 54.5 Å². The van der Waals surface area contributed by atoms with E-state index in [1.165, 1.54) is 12.1 Å². The van der Waals surface area contributed by atoms with Gasteiger partial charge >= 0.3 is 100 Å². The Bertz CT molecular complexity index is 483. The molecule has 1 aromatic heterocycles. The zero-order valence-corrected chi connectivity index (χ0v) is 10.1. The Balaban J connectivity index is 2.07. The third-order valence-corrected chi connectivity index (χ3v) is 4.00. The van der Waals surface area contributed by atoms with Gasteiger partial charge in [-0.1, -0.05) is 0 Å². The molecule has 8 heteroatoms. The van der Waals surface area contributed by atoms with Crippen molar-refractivity contribution in [3.05, 3.63) is 35.7 Å². The van der Waals surface area contributed by atoms with Crippen LogP contribution >= 0.6 is 0 Å². The fraction of sp³-hybridized carbons (Fsp3) is 0.222. The summed E-state index contributed by atoms with van der Waals surface area (Å²) in [6.45, 7) is 0. The van der Waals surface area contributed by atoms with Crippen LogP contribution in [0.15, 0.2) is 24.3 Å². The van der Waals surface area contributed by atoms with Crippen LogP contribution in [0.1, 0.15) is 11.4 Å². The molecule has 1 aromatic carbocycles. The standard InChI is InChI=1S/C9H7F3N4Se/c10-9(11,12)6-2-1-3-7(4-6)17-5-8-13-15-16-14-8/h1-4H,5H2,(H,13,14,15,16). The van der Waals surface area contributed by atoms with Gasteiger partial charge in [0.1, 0.15) is 0 Å². The zero-order chi connectivity index (χ0) is 12.3. The summed E-state index contributed by atoms with van der Waals surface area (Å²) < 4.78 is 38.0. The molecule has 2 rings (SSSR count). The van der Waals surface area contributed by atoms with E-state index in [-0.39, 0.29) is 15.0 Å². The van der Waals surface area contributed by atoms with E-state index in [0.717, 1.165) is 6.07 Å². The predicted molar refractivity (Wildman–Crippen MR) is 54.7 cm³/mol. The normalized spacial score (nSPS) is 11.7. The number of hydrogen-bond acceptors (Lipinski definition) is 3. The average Bonchev–Trinajstić information content (AvgIpc) is 2.78. The first-order chi connectivity index (χ1) is 8.05. The molecular weight excluding hydrogens is 300 g/mol. The Morgan fingerprint density at radius 2 is 2.12 bits per heavy atom. The third kappa shape index (κ3) is 3.28. The van der Waals surface area contributed by atoms with Crippen LogP contribution in [0, 0.1) is 0 Å². The average molecular weight is 307 g/mol. The number of alkyl halides is 3. The number of aromatic amines is 1. The van der Waals surface area contributed by atoms with Gasteiger partial charge in [-0.15, -0.1) is 0 Å². The number of nitrogens with one attached hydrogen (secondary N) is 1. The molecule has 0 atom stereocenters. The van der Waals surface area contributed by atoms with Crippen LogP contribution in [0.4, 0.5) is 13.2 Å². The van der Waals surface area contributed by atoms with Crippen molar-refractivity contribution in [2.75, 3.05) is 0 Å². The van der Waals surface area contributed by atoms with Gasteiger partial charge in [0.25, 0.3) is 0 Å². The summed E-state index contributed by atoms with van der Waals surface area (Å²) in [6, 6.07) is 5.32. The summed E-state index contributed by atoms with van der Waals surface area (Å²) in [5.74, 6) is 0.516. The molecule has 0 aliphatic carbocycles. The second-order valence-electron chi connectivity index (χ2n) is 3.14. The molecule has 0 amide bonds. The fourth-order valence-corrected chi connectivity index (χ4v) is 2.84. The SMILES string of the molecule is FC(F)(F)c1cccc([Se]Cc2nn[nH]n2)c1. The van der Waals surface area contributed by atoms with Crippen LogP contribution in [-0.2, 0) is 11.5 Å². The summed E-state index contributed by atoms with van der Waals surface area (Å²) in [4.78, 5) is 0. The molecule has 0 unspecified atom stereocenters. The minimum atomic E-state index is -4.29. The van der Waals surface area contributed by atoms with Crippen LogP contribution in [0.2, 0.25) is 0 Å². The van der Waals surface area contributed by atoms with E-state index in [4.69, 9.17) is 0 Å². The maximum atomic E-state index is 12.4. The number of rotatable bonds is 3. The van der Waals surface area contributed by atoms with E-state index in [2.05, 4.69) is 20.6 Å². The first kappa shape index (κ1) is 12.1. The van der Waals surface area contributed by atoms with Gasteiger partial charge in [0, 0.05) is 0 Å². The van der Waals surface area contributed by atoms with Crippen molar-refractivity contribution < 1.29 is 13.2 Å². The van der Waals surface area contributed by atoms with Crippen LogP contribution < -0.4 is 4.46 Å². The second-order valence-corrected chi connectivity index (χ2v) is 5.34. The molecule has 0 saturated heterocycles. The Labute approximate surface area is 101 Å². The molecule has 1 N–H and O–H groups in total. The van der Waals surface area contributed by atoms with Crippen LogP contribution in [0.3, 0.4) is 0 Å². The number of tetrazole rings is 1. The molecule has 0 aliphatic heterocycles. The zero-order valence-electron chi connectivity index (χ0n) is 8.40. The molecule has 17 heavy (non-hydrogen) atoms. The molecule has 0 radical (unpaired) electrons. The van der Waals surface area contributed by atoms with E-state index >= 15 is 0 Å². The van der Waals surface area contributed by atoms with Crippen molar-refractivity contribution in [1.29, 1.82) is 0 Å². The van der Waals surface area contributed by atoms with Crippen LogP contribution in [0.25, 0.3) is 0 Å². The molecular formula is C9H7F3N4Se. The summed E-state index contributed by atoms with van der Waals surface area (Å²) in [7, 11) is 0. The van der Waals surface area contributed by atoms with Gasteiger partial charge in [-0.05, 0) is 0 Å².